The number of pyridine rings is 1. The maximum absolute atomic E-state index is 10.2. The van der Waals surface area contributed by atoms with Crippen LogP contribution in [-0.4, -0.2) is 52.6 Å². The molecule has 0 spiro atoms. The summed E-state index contributed by atoms with van der Waals surface area (Å²) in [6.45, 7) is 2.47. The van der Waals surface area contributed by atoms with Crippen molar-refractivity contribution in [1.82, 2.24) is 4.98 Å². The highest BCUT2D eigenvalue weighted by molar-refractivity contribution is 6.30. The minimum absolute atomic E-state index is 0.476. The second-order valence-corrected chi connectivity index (χ2v) is 7.82. The molecule has 33 heavy (non-hydrogen) atoms. The van der Waals surface area contributed by atoms with Crippen LogP contribution < -0.4 is 19.1 Å². The highest BCUT2D eigenvalue weighted by atomic mass is 35.5. The molecule has 170 valence electrons. The van der Waals surface area contributed by atoms with Gasteiger partial charge in [0.25, 0.3) is 0 Å². The number of aromatic nitrogens is 1. The summed E-state index contributed by atoms with van der Waals surface area (Å²) in [7, 11) is 4.69. The predicted molar refractivity (Wildman–Crippen MR) is 128 cm³/mol. The number of methoxy groups -OCH3 is 3. The van der Waals surface area contributed by atoms with Crippen LogP contribution in [0.1, 0.15) is 5.56 Å². The van der Waals surface area contributed by atoms with Crippen molar-refractivity contribution in [3.05, 3.63) is 53.1 Å². The molecule has 0 saturated carbocycles. The normalized spacial score (nSPS) is 13.4. The number of morpholine rings is 1. The molecular formula is C25H24ClN3O4. The molecule has 0 unspecified atom stereocenters. The van der Waals surface area contributed by atoms with Crippen LogP contribution in [0.4, 0.5) is 5.82 Å². The van der Waals surface area contributed by atoms with Crippen molar-refractivity contribution in [3.63, 3.8) is 0 Å². The monoisotopic (exact) mass is 465 g/mol. The van der Waals surface area contributed by atoms with Gasteiger partial charge in [0.1, 0.15) is 17.5 Å². The summed E-state index contributed by atoms with van der Waals surface area (Å²) in [6.07, 6.45) is 0. The zero-order valence-electron chi connectivity index (χ0n) is 18.7. The largest absolute Gasteiger partial charge is 0.493 e. The van der Waals surface area contributed by atoms with E-state index in [0.29, 0.717) is 60.0 Å². The molecule has 0 amide bonds. The summed E-state index contributed by atoms with van der Waals surface area (Å²) in [5.41, 5.74) is 3.58. The fourth-order valence-electron chi connectivity index (χ4n) is 3.88. The van der Waals surface area contributed by atoms with Crippen molar-refractivity contribution in [2.45, 2.75) is 0 Å². The van der Waals surface area contributed by atoms with Gasteiger partial charge in [-0.05, 0) is 35.9 Å². The quantitative estimate of drug-likeness (QED) is 0.517. The van der Waals surface area contributed by atoms with Gasteiger partial charge in [0.15, 0.2) is 11.5 Å². The van der Waals surface area contributed by atoms with E-state index in [1.165, 1.54) is 0 Å². The number of ether oxygens (including phenoxy) is 4. The smallest absolute Gasteiger partial charge is 0.203 e. The first-order valence-corrected chi connectivity index (χ1v) is 10.8. The van der Waals surface area contributed by atoms with Gasteiger partial charge in [-0.3, -0.25) is 0 Å². The lowest BCUT2D eigenvalue weighted by Crippen LogP contribution is -2.37. The van der Waals surface area contributed by atoms with E-state index in [-0.39, 0.29) is 0 Å². The Balaban J connectivity index is 1.98. The van der Waals surface area contributed by atoms with E-state index in [1.54, 1.807) is 21.3 Å². The number of hydrogen-bond donors (Lipinski definition) is 0. The Morgan fingerprint density at radius 1 is 0.939 bits per heavy atom. The zero-order valence-corrected chi connectivity index (χ0v) is 19.5. The third-order valence-corrected chi connectivity index (χ3v) is 5.79. The van der Waals surface area contributed by atoms with Crippen LogP contribution in [0, 0.1) is 11.3 Å². The van der Waals surface area contributed by atoms with Crippen molar-refractivity contribution in [3.8, 4) is 45.7 Å². The number of halogens is 1. The van der Waals surface area contributed by atoms with Gasteiger partial charge in [-0.2, -0.15) is 5.26 Å². The van der Waals surface area contributed by atoms with Crippen molar-refractivity contribution >= 4 is 17.4 Å². The first kappa shape index (κ1) is 22.7. The molecule has 3 aromatic rings. The number of nitrogens with zero attached hydrogens (tertiary/aromatic N) is 3. The molecule has 0 atom stereocenters. The van der Waals surface area contributed by atoms with Crippen molar-refractivity contribution in [1.29, 1.82) is 5.26 Å². The molecule has 1 aromatic heterocycles. The number of anilines is 1. The summed E-state index contributed by atoms with van der Waals surface area (Å²) in [4.78, 5) is 6.98. The summed E-state index contributed by atoms with van der Waals surface area (Å²) in [5, 5.41) is 10.8. The van der Waals surface area contributed by atoms with Crippen LogP contribution in [-0.2, 0) is 4.74 Å². The van der Waals surface area contributed by atoms with Gasteiger partial charge in [-0.1, -0.05) is 23.7 Å². The van der Waals surface area contributed by atoms with Crippen LogP contribution in [0.5, 0.6) is 17.2 Å². The lowest BCUT2D eigenvalue weighted by molar-refractivity contribution is 0.122. The molecule has 0 radical (unpaired) electrons. The minimum atomic E-state index is 0.476. The van der Waals surface area contributed by atoms with Crippen molar-refractivity contribution < 1.29 is 18.9 Å². The number of benzene rings is 2. The van der Waals surface area contributed by atoms with E-state index in [4.69, 9.17) is 35.5 Å². The molecule has 1 aliphatic rings. The molecule has 0 bridgehead atoms. The molecule has 1 aliphatic heterocycles. The Morgan fingerprint density at radius 2 is 1.58 bits per heavy atom. The fraction of sp³-hybridized carbons (Fsp3) is 0.280. The second kappa shape index (κ2) is 9.99. The summed E-state index contributed by atoms with van der Waals surface area (Å²) < 4.78 is 22.1. The molecule has 4 rings (SSSR count). The Hall–Kier alpha value is -3.47. The van der Waals surface area contributed by atoms with Gasteiger partial charge in [-0.15, -0.1) is 0 Å². The maximum atomic E-state index is 10.2. The van der Waals surface area contributed by atoms with Crippen molar-refractivity contribution in [2.75, 3.05) is 52.5 Å². The van der Waals surface area contributed by atoms with Crippen LogP contribution >= 0.6 is 11.6 Å². The average molecular weight is 466 g/mol. The highest BCUT2D eigenvalue weighted by Crippen LogP contribution is 2.43. The first-order valence-electron chi connectivity index (χ1n) is 10.4. The molecule has 1 saturated heterocycles. The molecule has 0 N–H and O–H groups in total. The van der Waals surface area contributed by atoms with Gasteiger partial charge in [-0.25, -0.2) is 4.98 Å². The molecule has 7 nitrogen and oxygen atoms in total. The standard InChI is InChI=1S/C25H24ClN3O4/c1-30-22-12-17(13-23(31-2)24(22)32-3)19-14-21(16-4-6-18(26)7-5-16)28-25(20(19)15-27)29-8-10-33-11-9-29/h4-7,12-14H,8-11H2,1-3H3. The van der Waals surface area contributed by atoms with E-state index in [1.807, 2.05) is 42.5 Å². The van der Waals surface area contributed by atoms with Gasteiger partial charge in [0, 0.05) is 29.2 Å². The maximum Gasteiger partial charge on any atom is 0.203 e. The minimum Gasteiger partial charge on any atom is -0.493 e. The lowest BCUT2D eigenvalue weighted by Gasteiger charge is -2.29. The van der Waals surface area contributed by atoms with Gasteiger partial charge in [0.2, 0.25) is 5.75 Å². The number of nitriles is 1. The Bertz CT molecular complexity index is 1160. The van der Waals surface area contributed by atoms with Crippen LogP contribution in [0.3, 0.4) is 0 Å². The molecule has 8 heteroatoms. The van der Waals surface area contributed by atoms with E-state index >= 15 is 0 Å². The van der Waals surface area contributed by atoms with Gasteiger partial charge in [0.05, 0.1) is 40.2 Å². The fourth-order valence-corrected chi connectivity index (χ4v) is 4.00. The zero-order chi connectivity index (χ0) is 23.4. The van der Waals surface area contributed by atoms with Gasteiger partial charge < -0.3 is 23.8 Å². The third kappa shape index (κ3) is 4.54. The van der Waals surface area contributed by atoms with Crippen LogP contribution in [0.2, 0.25) is 5.02 Å². The van der Waals surface area contributed by atoms with Gasteiger partial charge >= 0.3 is 0 Å². The molecule has 2 heterocycles. The second-order valence-electron chi connectivity index (χ2n) is 7.39. The SMILES string of the molecule is COc1cc(-c2cc(-c3ccc(Cl)cc3)nc(N3CCOCC3)c2C#N)cc(OC)c1OC. The van der Waals surface area contributed by atoms with E-state index in [9.17, 15) is 5.26 Å². The highest BCUT2D eigenvalue weighted by Gasteiger charge is 2.23. The predicted octanol–water partition coefficient (Wildman–Crippen LogP) is 4.80. The molecule has 1 fully saturated rings. The van der Waals surface area contributed by atoms with E-state index in [2.05, 4.69) is 11.0 Å². The molecular weight excluding hydrogens is 442 g/mol. The summed E-state index contributed by atoms with van der Waals surface area (Å²) in [5.74, 6) is 2.13. The number of hydrogen-bond acceptors (Lipinski definition) is 7. The van der Waals surface area contributed by atoms with Crippen LogP contribution in [0.25, 0.3) is 22.4 Å². The Labute approximate surface area is 198 Å². The lowest BCUT2D eigenvalue weighted by atomic mass is 9.97. The first-order chi connectivity index (χ1) is 16.1. The van der Waals surface area contributed by atoms with Crippen LogP contribution in [0.15, 0.2) is 42.5 Å². The molecule has 0 aliphatic carbocycles. The van der Waals surface area contributed by atoms with E-state index < -0.39 is 0 Å². The Morgan fingerprint density at radius 3 is 2.12 bits per heavy atom. The number of rotatable bonds is 6. The van der Waals surface area contributed by atoms with E-state index in [0.717, 1.165) is 22.4 Å². The Kier molecular flexibility index (Phi) is 6.87. The molecule has 2 aromatic carbocycles. The topological polar surface area (TPSA) is 76.8 Å². The van der Waals surface area contributed by atoms with Crippen molar-refractivity contribution in [2.24, 2.45) is 0 Å². The summed E-state index contributed by atoms with van der Waals surface area (Å²) in [6, 6.07) is 15.4. The third-order valence-electron chi connectivity index (χ3n) is 5.54. The average Bonchev–Trinajstić information content (AvgIpc) is 2.87. The summed E-state index contributed by atoms with van der Waals surface area (Å²) >= 11 is 6.10.